The highest BCUT2D eigenvalue weighted by atomic mass is 16.3. The highest BCUT2D eigenvalue weighted by Gasteiger charge is 2.20. The first-order valence-electron chi connectivity index (χ1n) is 8.90. The lowest BCUT2D eigenvalue weighted by atomic mass is 9.85. The maximum absolute atomic E-state index is 11.0. The van der Waals surface area contributed by atoms with Gasteiger partial charge >= 0.3 is 0 Å². The van der Waals surface area contributed by atoms with Crippen LogP contribution in [0.15, 0.2) is 84.9 Å². The molecule has 128 valence electrons. The molecule has 2 heteroatoms. The van der Waals surface area contributed by atoms with Crippen LogP contribution in [0.1, 0.15) is 28.3 Å². The van der Waals surface area contributed by atoms with Crippen LogP contribution in [0.2, 0.25) is 0 Å². The summed E-state index contributed by atoms with van der Waals surface area (Å²) in [6.45, 7) is 1.95. The van der Waals surface area contributed by atoms with Gasteiger partial charge in [-0.15, -0.1) is 0 Å². The third kappa shape index (κ3) is 3.18. The second-order valence-corrected chi connectivity index (χ2v) is 6.68. The summed E-state index contributed by atoms with van der Waals surface area (Å²) in [5.74, 6) is 0.362. The third-order valence-electron chi connectivity index (χ3n) is 4.87. The van der Waals surface area contributed by atoms with Crippen LogP contribution >= 0.6 is 0 Å². The van der Waals surface area contributed by atoms with Gasteiger partial charge in [-0.2, -0.15) is 0 Å². The quantitative estimate of drug-likeness (QED) is 0.523. The number of aromatic hydroxyl groups is 1. The van der Waals surface area contributed by atoms with Gasteiger partial charge in [-0.3, -0.25) is 0 Å². The molecule has 1 heterocycles. The largest absolute Gasteiger partial charge is 0.505 e. The van der Waals surface area contributed by atoms with Crippen molar-refractivity contribution in [2.45, 2.75) is 19.3 Å². The molecule has 0 saturated heterocycles. The van der Waals surface area contributed by atoms with Crippen LogP contribution in [-0.2, 0) is 6.42 Å². The van der Waals surface area contributed by atoms with Crippen molar-refractivity contribution in [2.75, 3.05) is 0 Å². The zero-order chi connectivity index (χ0) is 17.9. The molecule has 1 aromatic heterocycles. The first-order chi connectivity index (χ1) is 12.7. The fraction of sp³-hybridized carbons (Fsp3) is 0.125. The molecule has 1 N–H and O–H groups in total. The number of nitrogens with zero attached hydrogens (tertiary/aromatic N) is 1. The topological polar surface area (TPSA) is 33.1 Å². The highest BCUT2D eigenvalue weighted by Crippen LogP contribution is 2.37. The maximum atomic E-state index is 11.0. The summed E-state index contributed by atoms with van der Waals surface area (Å²) in [5.41, 5.74) is 4.95. The van der Waals surface area contributed by atoms with Gasteiger partial charge in [-0.05, 0) is 30.5 Å². The number of pyridine rings is 1. The Hall–Kier alpha value is -3.13. The first-order valence-corrected chi connectivity index (χ1v) is 8.90. The molecule has 26 heavy (non-hydrogen) atoms. The first kappa shape index (κ1) is 16.3. The molecule has 0 aliphatic rings. The number of fused-ring (bicyclic) bond motifs is 1. The number of hydrogen-bond acceptors (Lipinski definition) is 2. The van der Waals surface area contributed by atoms with Crippen molar-refractivity contribution in [3.8, 4) is 5.75 Å². The van der Waals surface area contributed by atoms with Crippen LogP contribution in [0.5, 0.6) is 5.75 Å². The Morgan fingerprint density at radius 1 is 0.808 bits per heavy atom. The van der Waals surface area contributed by atoms with Crippen molar-refractivity contribution in [3.05, 3.63) is 107 Å². The molecule has 0 amide bonds. The van der Waals surface area contributed by atoms with Crippen molar-refractivity contribution in [3.63, 3.8) is 0 Å². The molecule has 4 rings (SSSR count). The minimum absolute atomic E-state index is 0.0744. The summed E-state index contributed by atoms with van der Waals surface area (Å²) in [6, 6.07) is 28.9. The van der Waals surface area contributed by atoms with E-state index in [1.807, 2.05) is 49.4 Å². The Balaban J connectivity index is 1.86. The lowest BCUT2D eigenvalue weighted by molar-refractivity contribution is 0.469. The van der Waals surface area contributed by atoms with Gasteiger partial charge in [0.15, 0.2) is 0 Å². The van der Waals surface area contributed by atoms with Crippen LogP contribution in [-0.4, -0.2) is 10.1 Å². The van der Waals surface area contributed by atoms with Crippen LogP contribution in [0, 0.1) is 6.92 Å². The van der Waals surface area contributed by atoms with E-state index in [1.165, 1.54) is 11.1 Å². The molecule has 3 aromatic carbocycles. The molecule has 0 aliphatic carbocycles. The van der Waals surface area contributed by atoms with Crippen molar-refractivity contribution in [1.29, 1.82) is 0 Å². The lowest BCUT2D eigenvalue weighted by Crippen LogP contribution is -2.06. The Bertz CT molecular complexity index is 1030. The van der Waals surface area contributed by atoms with Gasteiger partial charge in [0.25, 0.3) is 0 Å². The Morgan fingerprint density at radius 3 is 2.19 bits per heavy atom. The van der Waals surface area contributed by atoms with E-state index in [9.17, 15) is 5.11 Å². The van der Waals surface area contributed by atoms with Gasteiger partial charge in [0.05, 0.1) is 0 Å². The lowest BCUT2D eigenvalue weighted by Gasteiger charge is -2.20. The van der Waals surface area contributed by atoms with Gasteiger partial charge in [0.1, 0.15) is 11.3 Å². The van der Waals surface area contributed by atoms with Crippen molar-refractivity contribution >= 4 is 10.9 Å². The zero-order valence-corrected chi connectivity index (χ0v) is 14.8. The molecule has 0 aliphatic heterocycles. The van der Waals surface area contributed by atoms with Gasteiger partial charge < -0.3 is 5.11 Å². The molecule has 0 spiro atoms. The Morgan fingerprint density at radius 2 is 1.46 bits per heavy atom. The average molecular weight is 339 g/mol. The number of aryl methyl sites for hydroxylation is 1. The van der Waals surface area contributed by atoms with Gasteiger partial charge in [0.2, 0.25) is 0 Å². The normalized spacial score (nSPS) is 12.2. The molecule has 0 bridgehead atoms. The second kappa shape index (κ2) is 7.01. The van der Waals surface area contributed by atoms with Crippen molar-refractivity contribution < 1.29 is 5.11 Å². The summed E-state index contributed by atoms with van der Waals surface area (Å²) >= 11 is 0. The second-order valence-electron chi connectivity index (χ2n) is 6.68. The Kier molecular flexibility index (Phi) is 4.40. The summed E-state index contributed by atoms with van der Waals surface area (Å²) in [7, 11) is 0. The van der Waals surface area contributed by atoms with Crippen LogP contribution < -0.4 is 0 Å². The monoisotopic (exact) mass is 339 g/mol. The molecule has 0 radical (unpaired) electrons. The fourth-order valence-electron chi connectivity index (χ4n) is 3.51. The molecular formula is C24H21NO. The standard InChI is InChI=1S/C24H21NO/c1-17-12-13-20-14-15-21(24(26)23(20)25-17)22(19-10-6-3-7-11-19)16-18-8-4-2-5-9-18/h2-15,22,26H,16H2,1H3. The Labute approximate surface area is 153 Å². The highest BCUT2D eigenvalue weighted by molar-refractivity contribution is 5.86. The number of aromatic nitrogens is 1. The molecule has 0 fully saturated rings. The smallest absolute Gasteiger partial charge is 0.145 e. The minimum Gasteiger partial charge on any atom is -0.505 e. The molecule has 4 aromatic rings. The van der Waals surface area contributed by atoms with Crippen molar-refractivity contribution in [1.82, 2.24) is 4.98 Å². The van der Waals surface area contributed by atoms with E-state index in [2.05, 4.69) is 47.4 Å². The summed E-state index contributed by atoms with van der Waals surface area (Å²) < 4.78 is 0. The predicted molar refractivity (Wildman–Crippen MR) is 107 cm³/mol. The van der Waals surface area contributed by atoms with Crippen LogP contribution in [0.25, 0.3) is 10.9 Å². The van der Waals surface area contributed by atoms with E-state index in [0.29, 0.717) is 5.52 Å². The van der Waals surface area contributed by atoms with Crippen LogP contribution in [0.3, 0.4) is 0 Å². The summed E-state index contributed by atoms with van der Waals surface area (Å²) in [4.78, 5) is 4.57. The van der Waals surface area contributed by atoms with E-state index in [-0.39, 0.29) is 11.7 Å². The number of hydrogen-bond donors (Lipinski definition) is 1. The number of rotatable bonds is 4. The van der Waals surface area contributed by atoms with E-state index >= 15 is 0 Å². The summed E-state index contributed by atoms with van der Waals surface area (Å²) in [6.07, 6.45) is 0.829. The zero-order valence-electron chi connectivity index (χ0n) is 14.8. The molecular weight excluding hydrogens is 318 g/mol. The fourth-order valence-corrected chi connectivity index (χ4v) is 3.51. The van der Waals surface area contributed by atoms with Gasteiger partial charge in [0, 0.05) is 22.6 Å². The molecule has 1 unspecified atom stereocenters. The van der Waals surface area contributed by atoms with Crippen LogP contribution in [0.4, 0.5) is 0 Å². The number of benzene rings is 3. The van der Waals surface area contributed by atoms with Crippen molar-refractivity contribution in [2.24, 2.45) is 0 Å². The number of phenols is 1. The third-order valence-corrected chi connectivity index (χ3v) is 4.87. The van der Waals surface area contributed by atoms with E-state index in [1.54, 1.807) is 0 Å². The average Bonchev–Trinajstić information content (AvgIpc) is 2.69. The SMILES string of the molecule is Cc1ccc2ccc(C(Cc3ccccc3)c3ccccc3)c(O)c2n1. The van der Waals surface area contributed by atoms with Gasteiger partial charge in [-0.1, -0.05) is 78.9 Å². The van der Waals surface area contributed by atoms with E-state index in [4.69, 9.17) is 0 Å². The maximum Gasteiger partial charge on any atom is 0.145 e. The minimum atomic E-state index is 0.0744. The van der Waals surface area contributed by atoms with E-state index < -0.39 is 0 Å². The molecule has 2 nitrogen and oxygen atoms in total. The molecule has 1 atom stereocenters. The summed E-state index contributed by atoms with van der Waals surface area (Å²) in [5, 5.41) is 12.0. The number of phenolic OH excluding ortho intramolecular Hbond substituents is 1. The van der Waals surface area contributed by atoms with Gasteiger partial charge in [-0.25, -0.2) is 4.98 Å². The molecule has 0 saturated carbocycles. The van der Waals surface area contributed by atoms with E-state index in [0.717, 1.165) is 23.1 Å². The predicted octanol–water partition coefficient (Wildman–Crippen LogP) is 5.62.